The second-order valence-corrected chi connectivity index (χ2v) is 6.33. The molecule has 0 N–H and O–H groups in total. The highest BCUT2D eigenvalue weighted by atomic mass is 35.5. The summed E-state index contributed by atoms with van der Waals surface area (Å²) in [5.41, 5.74) is 1.12. The van der Waals surface area contributed by atoms with Crippen molar-refractivity contribution in [2.75, 3.05) is 40.5 Å². The summed E-state index contributed by atoms with van der Waals surface area (Å²) < 4.78 is 16.9. The lowest BCUT2D eigenvalue weighted by Crippen LogP contribution is -2.30. The summed E-state index contributed by atoms with van der Waals surface area (Å²) in [5.74, 6) is 0.731. The molecular weight excluding hydrogens is 360 g/mol. The smallest absolute Gasteiger partial charge is 0.246 e. The van der Waals surface area contributed by atoms with Gasteiger partial charge in [0.25, 0.3) is 0 Å². The van der Waals surface area contributed by atoms with Gasteiger partial charge in [0.2, 0.25) is 5.95 Å². The van der Waals surface area contributed by atoms with Crippen LogP contribution in [0.1, 0.15) is 5.01 Å². The van der Waals surface area contributed by atoms with Crippen molar-refractivity contribution < 1.29 is 9.47 Å². The molecular formula is C17H23ClN4O2S. The van der Waals surface area contributed by atoms with E-state index in [0.29, 0.717) is 13.2 Å². The van der Waals surface area contributed by atoms with Gasteiger partial charge in [-0.3, -0.25) is 9.47 Å². The van der Waals surface area contributed by atoms with Crippen LogP contribution < -0.4 is 0 Å². The molecule has 0 aliphatic carbocycles. The van der Waals surface area contributed by atoms with E-state index in [1.807, 2.05) is 22.9 Å². The number of aromatic nitrogens is 3. The summed E-state index contributed by atoms with van der Waals surface area (Å²) >= 11 is 1.45. The second-order valence-electron chi connectivity index (χ2n) is 5.49. The number of rotatable bonds is 9. The van der Waals surface area contributed by atoms with Gasteiger partial charge in [-0.15, -0.1) is 12.4 Å². The summed E-state index contributed by atoms with van der Waals surface area (Å²) in [6, 6.07) is 10.3. The molecule has 3 aromatic rings. The topological polar surface area (TPSA) is 52.4 Å². The van der Waals surface area contributed by atoms with Crippen molar-refractivity contribution in [2.45, 2.75) is 6.54 Å². The zero-order valence-corrected chi connectivity index (χ0v) is 16.1. The predicted molar refractivity (Wildman–Crippen MR) is 103 cm³/mol. The summed E-state index contributed by atoms with van der Waals surface area (Å²) in [6.07, 6.45) is 2.02. The first kappa shape index (κ1) is 19.8. The van der Waals surface area contributed by atoms with Crippen LogP contribution in [0.3, 0.4) is 0 Å². The van der Waals surface area contributed by atoms with Gasteiger partial charge in [-0.25, -0.2) is 4.98 Å². The second kappa shape index (κ2) is 9.84. The van der Waals surface area contributed by atoms with Crippen LogP contribution in [-0.2, 0) is 16.0 Å². The van der Waals surface area contributed by atoms with Crippen LogP contribution in [-0.4, -0.2) is 59.3 Å². The molecule has 0 saturated heterocycles. The van der Waals surface area contributed by atoms with E-state index in [0.717, 1.165) is 36.1 Å². The number of ether oxygens (including phenoxy) is 2. The molecule has 1 aromatic carbocycles. The van der Waals surface area contributed by atoms with Crippen LogP contribution >= 0.6 is 23.9 Å². The Kier molecular flexibility index (Phi) is 7.80. The van der Waals surface area contributed by atoms with E-state index >= 15 is 0 Å². The number of hydrogen-bond acceptors (Lipinski definition) is 6. The molecule has 0 bridgehead atoms. The lowest BCUT2D eigenvalue weighted by atomic mass is 10.2. The number of methoxy groups -OCH3 is 2. The average molecular weight is 383 g/mol. The van der Waals surface area contributed by atoms with Gasteiger partial charge in [0.05, 0.1) is 25.3 Å². The lowest BCUT2D eigenvalue weighted by molar-refractivity contribution is 0.110. The van der Waals surface area contributed by atoms with E-state index in [-0.39, 0.29) is 12.4 Å². The van der Waals surface area contributed by atoms with Crippen molar-refractivity contribution in [3.05, 3.63) is 41.5 Å². The van der Waals surface area contributed by atoms with Crippen molar-refractivity contribution in [3.8, 4) is 5.95 Å². The number of hydrogen-bond donors (Lipinski definition) is 0. The largest absolute Gasteiger partial charge is 0.383 e. The number of para-hydroxylation sites is 1. The van der Waals surface area contributed by atoms with Crippen molar-refractivity contribution in [2.24, 2.45) is 0 Å². The molecule has 8 heteroatoms. The van der Waals surface area contributed by atoms with Gasteiger partial charge < -0.3 is 9.47 Å². The molecule has 0 radical (unpaired) electrons. The zero-order chi connectivity index (χ0) is 16.8. The third kappa shape index (κ3) is 4.99. The van der Waals surface area contributed by atoms with E-state index in [1.165, 1.54) is 16.9 Å². The summed E-state index contributed by atoms with van der Waals surface area (Å²) in [5, 5.41) is 2.19. The highest BCUT2D eigenvalue weighted by Gasteiger charge is 2.12. The standard InChI is InChI=1S/C17H22N4O2S.ClH/c1-22-11-9-20(10-12-23-2)13-16-18-17(19-24-16)21-8-7-14-5-3-4-6-15(14)21;/h3-8H,9-13H2,1-2H3;1H. The number of halogens is 1. The lowest BCUT2D eigenvalue weighted by Gasteiger charge is -2.19. The molecule has 0 spiro atoms. The third-order valence-corrected chi connectivity index (χ3v) is 4.54. The van der Waals surface area contributed by atoms with Crippen LogP contribution in [0.2, 0.25) is 0 Å². The highest BCUT2D eigenvalue weighted by Crippen LogP contribution is 2.20. The Morgan fingerprint density at radius 2 is 1.80 bits per heavy atom. The monoisotopic (exact) mass is 382 g/mol. The molecule has 0 atom stereocenters. The zero-order valence-electron chi connectivity index (χ0n) is 14.4. The molecule has 2 aromatic heterocycles. The van der Waals surface area contributed by atoms with Crippen molar-refractivity contribution >= 4 is 34.8 Å². The Morgan fingerprint density at radius 1 is 1.08 bits per heavy atom. The molecule has 6 nitrogen and oxygen atoms in total. The van der Waals surface area contributed by atoms with Crippen LogP contribution in [0.15, 0.2) is 36.5 Å². The van der Waals surface area contributed by atoms with Gasteiger partial charge in [-0.05, 0) is 23.7 Å². The minimum Gasteiger partial charge on any atom is -0.383 e. The Balaban J connectivity index is 0.00000225. The Morgan fingerprint density at radius 3 is 2.52 bits per heavy atom. The SMILES string of the molecule is COCCN(CCOC)Cc1nc(-n2ccc3ccccc32)ns1.Cl. The fourth-order valence-electron chi connectivity index (χ4n) is 2.57. The maximum absolute atomic E-state index is 5.18. The first-order valence-corrected chi connectivity index (χ1v) is 8.68. The Labute approximate surface area is 158 Å². The van der Waals surface area contributed by atoms with E-state index in [9.17, 15) is 0 Å². The van der Waals surface area contributed by atoms with Crippen molar-refractivity contribution in [1.29, 1.82) is 0 Å². The van der Waals surface area contributed by atoms with E-state index in [1.54, 1.807) is 14.2 Å². The summed E-state index contributed by atoms with van der Waals surface area (Å²) in [7, 11) is 3.43. The normalized spacial score (nSPS) is 11.2. The first-order valence-electron chi connectivity index (χ1n) is 7.91. The first-order chi connectivity index (χ1) is 11.8. The van der Waals surface area contributed by atoms with E-state index in [2.05, 4.69) is 27.5 Å². The molecule has 0 aliphatic rings. The molecule has 0 saturated carbocycles. The summed E-state index contributed by atoms with van der Waals surface area (Å²) in [4.78, 5) is 6.97. The number of fused-ring (bicyclic) bond motifs is 1. The molecule has 0 aliphatic heterocycles. The molecule has 0 amide bonds. The van der Waals surface area contributed by atoms with Gasteiger partial charge in [0.15, 0.2) is 0 Å². The quantitative estimate of drug-likeness (QED) is 0.569. The van der Waals surface area contributed by atoms with Crippen molar-refractivity contribution in [1.82, 2.24) is 18.8 Å². The molecule has 3 rings (SSSR count). The minimum atomic E-state index is 0. The van der Waals surface area contributed by atoms with Crippen LogP contribution in [0, 0.1) is 0 Å². The third-order valence-electron chi connectivity index (χ3n) is 3.85. The fraction of sp³-hybridized carbons (Fsp3) is 0.412. The van der Waals surface area contributed by atoms with Crippen molar-refractivity contribution in [3.63, 3.8) is 0 Å². The molecule has 2 heterocycles. The maximum Gasteiger partial charge on any atom is 0.246 e. The van der Waals surface area contributed by atoms with Gasteiger partial charge in [-0.1, -0.05) is 18.2 Å². The fourth-order valence-corrected chi connectivity index (χ4v) is 3.25. The minimum absolute atomic E-state index is 0. The highest BCUT2D eigenvalue weighted by molar-refractivity contribution is 7.05. The maximum atomic E-state index is 5.18. The molecule has 25 heavy (non-hydrogen) atoms. The Hall–Kier alpha value is -1.51. The molecule has 0 unspecified atom stereocenters. The van der Waals surface area contributed by atoms with E-state index in [4.69, 9.17) is 14.5 Å². The van der Waals surface area contributed by atoms with Gasteiger partial charge in [-0.2, -0.15) is 4.37 Å². The average Bonchev–Trinajstić information content (AvgIpc) is 3.23. The van der Waals surface area contributed by atoms with Gasteiger partial charge in [0, 0.05) is 38.9 Å². The van der Waals surface area contributed by atoms with E-state index < -0.39 is 0 Å². The molecule has 0 fully saturated rings. The van der Waals surface area contributed by atoms with Crippen LogP contribution in [0.4, 0.5) is 0 Å². The summed E-state index contributed by atoms with van der Waals surface area (Å²) in [6.45, 7) is 3.83. The Bertz CT molecular complexity index is 769. The predicted octanol–water partition coefficient (Wildman–Crippen LogP) is 3.00. The van der Waals surface area contributed by atoms with Crippen LogP contribution in [0.25, 0.3) is 16.9 Å². The molecule has 136 valence electrons. The van der Waals surface area contributed by atoms with Gasteiger partial charge >= 0.3 is 0 Å². The van der Waals surface area contributed by atoms with Gasteiger partial charge in [0.1, 0.15) is 5.01 Å². The number of benzene rings is 1. The number of nitrogens with zero attached hydrogens (tertiary/aromatic N) is 4. The van der Waals surface area contributed by atoms with Crippen LogP contribution in [0.5, 0.6) is 0 Å².